The lowest BCUT2D eigenvalue weighted by atomic mass is 10.0. The van der Waals surface area contributed by atoms with Gasteiger partial charge in [-0.25, -0.2) is 0 Å². The van der Waals surface area contributed by atoms with E-state index in [1.54, 1.807) is 6.07 Å². The molecule has 0 aliphatic rings. The van der Waals surface area contributed by atoms with Crippen molar-refractivity contribution in [2.45, 2.75) is 25.8 Å². The molecule has 0 saturated heterocycles. The Morgan fingerprint density at radius 2 is 2.33 bits per heavy atom. The van der Waals surface area contributed by atoms with Crippen molar-refractivity contribution < 1.29 is 9.21 Å². The van der Waals surface area contributed by atoms with Gasteiger partial charge in [-0.3, -0.25) is 4.79 Å². The summed E-state index contributed by atoms with van der Waals surface area (Å²) in [5, 5.41) is 2.89. The predicted octanol–water partition coefficient (Wildman–Crippen LogP) is 3.18. The van der Waals surface area contributed by atoms with Gasteiger partial charge in [0.1, 0.15) is 0 Å². The molecule has 0 aliphatic heterocycles. The molecule has 0 aliphatic carbocycles. The molecule has 84 valence electrons. The normalized spacial score (nSPS) is 11.5. The van der Waals surface area contributed by atoms with E-state index in [0.29, 0.717) is 16.1 Å². The van der Waals surface area contributed by atoms with Crippen LogP contribution in [0.5, 0.6) is 0 Å². The molecule has 0 unspecified atom stereocenters. The van der Waals surface area contributed by atoms with Crippen LogP contribution in [0.25, 0.3) is 0 Å². The number of furan rings is 1. The molecule has 0 radical (unpaired) electrons. The third-order valence-electron chi connectivity index (χ3n) is 2.03. The van der Waals surface area contributed by atoms with Crippen molar-refractivity contribution in [1.82, 2.24) is 5.32 Å². The fraction of sp³-hybridized carbons (Fsp3) is 0.500. The summed E-state index contributed by atoms with van der Waals surface area (Å²) in [7, 11) is 0. The van der Waals surface area contributed by atoms with Crippen LogP contribution in [0.1, 0.15) is 30.6 Å². The van der Waals surface area contributed by atoms with Crippen molar-refractivity contribution in [2.24, 2.45) is 0 Å². The first-order valence-corrected chi connectivity index (χ1v) is 5.90. The van der Waals surface area contributed by atoms with Crippen LogP contribution >= 0.6 is 27.5 Å². The molecular formula is C10H13BrClNO2. The average molecular weight is 295 g/mol. The summed E-state index contributed by atoms with van der Waals surface area (Å²) >= 11 is 8.81. The molecule has 1 aromatic heterocycles. The highest BCUT2D eigenvalue weighted by atomic mass is 79.9. The van der Waals surface area contributed by atoms with Gasteiger partial charge in [0.15, 0.2) is 4.67 Å². The van der Waals surface area contributed by atoms with Gasteiger partial charge in [-0.1, -0.05) is 0 Å². The Morgan fingerprint density at radius 1 is 1.67 bits per heavy atom. The fourth-order valence-corrected chi connectivity index (χ4v) is 2.02. The minimum Gasteiger partial charge on any atom is -0.457 e. The lowest BCUT2D eigenvalue weighted by Gasteiger charge is -2.24. The maximum Gasteiger partial charge on any atom is 0.256 e. The molecule has 15 heavy (non-hydrogen) atoms. The SMILES string of the molecule is CC(C)(CCCl)NC(=O)c1ccoc1Br. The van der Waals surface area contributed by atoms with Crippen molar-refractivity contribution in [2.75, 3.05) is 5.88 Å². The van der Waals surface area contributed by atoms with Crippen molar-refractivity contribution in [3.05, 3.63) is 22.6 Å². The van der Waals surface area contributed by atoms with Crippen LogP contribution in [-0.2, 0) is 0 Å². The molecule has 3 nitrogen and oxygen atoms in total. The number of rotatable bonds is 4. The summed E-state index contributed by atoms with van der Waals surface area (Å²) < 4.78 is 5.44. The molecule has 1 amide bonds. The molecule has 0 aromatic carbocycles. The van der Waals surface area contributed by atoms with Crippen LogP contribution in [0.3, 0.4) is 0 Å². The van der Waals surface area contributed by atoms with Crippen LogP contribution < -0.4 is 5.32 Å². The summed E-state index contributed by atoms with van der Waals surface area (Å²) in [5.74, 6) is 0.352. The first-order chi connectivity index (χ1) is 6.96. The van der Waals surface area contributed by atoms with E-state index < -0.39 is 0 Å². The van der Waals surface area contributed by atoms with Crippen LogP contribution in [0.2, 0.25) is 0 Å². The molecule has 0 atom stereocenters. The summed E-state index contributed by atoms with van der Waals surface area (Å²) in [6.07, 6.45) is 2.18. The zero-order valence-electron chi connectivity index (χ0n) is 8.64. The Morgan fingerprint density at radius 3 is 2.80 bits per heavy atom. The zero-order chi connectivity index (χ0) is 11.5. The zero-order valence-corrected chi connectivity index (χ0v) is 11.0. The molecule has 1 aromatic rings. The standard InChI is InChI=1S/C10H13BrClNO2/c1-10(2,4-5-12)13-9(14)7-3-6-15-8(7)11/h3,6H,4-5H2,1-2H3,(H,13,14). The number of hydrogen-bond donors (Lipinski definition) is 1. The highest BCUT2D eigenvalue weighted by Crippen LogP contribution is 2.19. The Hall–Kier alpha value is -0.480. The molecule has 5 heteroatoms. The van der Waals surface area contributed by atoms with E-state index in [1.807, 2.05) is 13.8 Å². The second kappa shape index (κ2) is 5.03. The van der Waals surface area contributed by atoms with Gasteiger partial charge < -0.3 is 9.73 Å². The van der Waals surface area contributed by atoms with Gasteiger partial charge in [-0.2, -0.15) is 0 Å². The molecule has 0 saturated carbocycles. The fourth-order valence-electron chi connectivity index (χ4n) is 1.13. The van der Waals surface area contributed by atoms with Crippen LogP contribution in [0.4, 0.5) is 0 Å². The smallest absolute Gasteiger partial charge is 0.256 e. The van der Waals surface area contributed by atoms with E-state index in [9.17, 15) is 4.79 Å². The minimum atomic E-state index is -0.310. The van der Waals surface area contributed by atoms with Gasteiger partial charge in [0.2, 0.25) is 0 Å². The largest absolute Gasteiger partial charge is 0.457 e. The number of hydrogen-bond acceptors (Lipinski definition) is 2. The lowest BCUT2D eigenvalue weighted by molar-refractivity contribution is 0.0910. The second-order valence-corrected chi connectivity index (χ2v) is 4.98. The van der Waals surface area contributed by atoms with Crippen LogP contribution in [0, 0.1) is 0 Å². The Labute approximate surface area is 102 Å². The van der Waals surface area contributed by atoms with Gasteiger partial charge >= 0.3 is 0 Å². The maximum absolute atomic E-state index is 11.8. The average Bonchev–Trinajstić information content (AvgIpc) is 2.50. The van der Waals surface area contributed by atoms with Gasteiger partial charge in [0.05, 0.1) is 11.8 Å². The molecule has 1 N–H and O–H groups in total. The van der Waals surface area contributed by atoms with Crippen LogP contribution in [0.15, 0.2) is 21.4 Å². The summed E-state index contributed by atoms with van der Waals surface area (Å²) in [6, 6.07) is 1.62. The Bertz CT molecular complexity index is 349. The number of carbonyl (C=O) groups is 1. The van der Waals surface area contributed by atoms with Gasteiger partial charge in [-0.05, 0) is 42.3 Å². The Balaban J connectivity index is 2.68. The van der Waals surface area contributed by atoms with Crippen LogP contribution in [-0.4, -0.2) is 17.3 Å². The molecule has 0 fully saturated rings. The monoisotopic (exact) mass is 293 g/mol. The van der Waals surface area contributed by atoms with Gasteiger partial charge in [0.25, 0.3) is 5.91 Å². The quantitative estimate of drug-likeness (QED) is 0.867. The second-order valence-electron chi connectivity index (χ2n) is 3.88. The highest BCUT2D eigenvalue weighted by Gasteiger charge is 2.22. The molecule has 0 spiro atoms. The molecule has 1 rings (SSSR count). The van der Waals surface area contributed by atoms with E-state index in [2.05, 4.69) is 21.2 Å². The topological polar surface area (TPSA) is 42.2 Å². The Kier molecular flexibility index (Phi) is 4.22. The first kappa shape index (κ1) is 12.6. The number of nitrogens with one attached hydrogen (secondary N) is 1. The summed E-state index contributed by atoms with van der Waals surface area (Å²) in [5.41, 5.74) is 0.188. The van der Waals surface area contributed by atoms with Crippen molar-refractivity contribution >= 4 is 33.4 Å². The van der Waals surface area contributed by atoms with Gasteiger partial charge in [-0.15, -0.1) is 11.6 Å². The minimum absolute atomic E-state index is 0.161. The van der Waals surface area contributed by atoms with Gasteiger partial charge in [0, 0.05) is 11.4 Å². The van der Waals surface area contributed by atoms with Crippen molar-refractivity contribution in [1.29, 1.82) is 0 Å². The number of alkyl halides is 1. The molecule has 0 bridgehead atoms. The predicted molar refractivity (Wildman–Crippen MR) is 63.3 cm³/mol. The number of carbonyl (C=O) groups excluding carboxylic acids is 1. The van der Waals surface area contributed by atoms with E-state index in [0.717, 1.165) is 6.42 Å². The lowest BCUT2D eigenvalue weighted by Crippen LogP contribution is -2.43. The summed E-state index contributed by atoms with van der Waals surface area (Å²) in [6.45, 7) is 3.86. The number of halogens is 2. The molecule has 1 heterocycles. The highest BCUT2D eigenvalue weighted by molar-refractivity contribution is 9.10. The number of amides is 1. The first-order valence-electron chi connectivity index (χ1n) is 4.58. The van der Waals surface area contributed by atoms with E-state index in [4.69, 9.17) is 16.0 Å². The third kappa shape index (κ3) is 3.54. The van der Waals surface area contributed by atoms with Crippen molar-refractivity contribution in [3.8, 4) is 0 Å². The van der Waals surface area contributed by atoms with E-state index in [-0.39, 0.29) is 11.4 Å². The molecular weight excluding hydrogens is 281 g/mol. The summed E-state index contributed by atoms with van der Waals surface area (Å²) in [4.78, 5) is 11.8. The van der Waals surface area contributed by atoms with Crippen molar-refractivity contribution in [3.63, 3.8) is 0 Å². The third-order valence-corrected chi connectivity index (χ3v) is 2.84. The maximum atomic E-state index is 11.8. The van der Waals surface area contributed by atoms with E-state index >= 15 is 0 Å². The van der Waals surface area contributed by atoms with E-state index in [1.165, 1.54) is 6.26 Å².